The SMILES string of the molecule is CCN(CC)S(=O)(=O)c1ccc(C(=O)Nc2ccc(OC(F)F)cc2)cc1. The Morgan fingerprint density at radius 3 is 2.07 bits per heavy atom. The fourth-order valence-corrected chi connectivity index (χ4v) is 3.87. The van der Waals surface area contributed by atoms with Crippen molar-refractivity contribution in [3.05, 3.63) is 54.1 Å². The Morgan fingerprint density at radius 2 is 1.59 bits per heavy atom. The molecule has 2 aromatic rings. The number of ether oxygens (including phenoxy) is 1. The van der Waals surface area contributed by atoms with E-state index in [4.69, 9.17) is 0 Å². The van der Waals surface area contributed by atoms with Crippen LogP contribution in [0.4, 0.5) is 14.5 Å². The summed E-state index contributed by atoms with van der Waals surface area (Å²) in [7, 11) is -3.59. The zero-order valence-electron chi connectivity index (χ0n) is 14.9. The Balaban J connectivity index is 2.09. The minimum atomic E-state index is -3.59. The Kier molecular flexibility index (Phi) is 6.86. The fraction of sp³-hybridized carbons (Fsp3) is 0.278. The van der Waals surface area contributed by atoms with E-state index >= 15 is 0 Å². The van der Waals surface area contributed by atoms with Crippen LogP contribution in [0.5, 0.6) is 5.75 Å². The molecule has 1 N–H and O–H groups in total. The van der Waals surface area contributed by atoms with Crippen LogP contribution in [0.25, 0.3) is 0 Å². The molecule has 0 aromatic heterocycles. The first-order chi connectivity index (χ1) is 12.8. The van der Waals surface area contributed by atoms with E-state index in [-0.39, 0.29) is 16.2 Å². The summed E-state index contributed by atoms with van der Waals surface area (Å²) in [6.45, 7) is 1.29. The number of sulfonamides is 1. The van der Waals surface area contributed by atoms with Gasteiger partial charge in [0.25, 0.3) is 5.91 Å². The van der Waals surface area contributed by atoms with Gasteiger partial charge in [0.05, 0.1) is 4.90 Å². The molecule has 0 heterocycles. The lowest BCUT2D eigenvalue weighted by atomic mass is 10.2. The first kappa shape index (κ1) is 20.8. The lowest BCUT2D eigenvalue weighted by molar-refractivity contribution is -0.0498. The maximum Gasteiger partial charge on any atom is 0.387 e. The number of carbonyl (C=O) groups is 1. The molecule has 2 rings (SSSR count). The zero-order chi connectivity index (χ0) is 20.0. The topological polar surface area (TPSA) is 75.7 Å². The van der Waals surface area contributed by atoms with E-state index < -0.39 is 22.5 Å². The molecule has 0 aliphatic heterocycles. The molecule has 0 saturated carbocycles. The van der Waals surface area contributed by atoms with Crippen LogP contribution in [0, 0.1) is 0 Å². The second-order valence-electron chi connectivity index (χ2n) is 5.47. The van der Waals surface area contributed by atoms with Crippen LogP contribution in [0.15, 0.2) is 53.4 Å². The first-order valence-electron chi connectivity index (χ1n) is 8.24. The maximum atomic E-state index is 12.4. The van der Waals surface area contributed by atoms with E-state index in [0.717, 1.165) is 0 Å². The number of nitrogens with one attached hydrogen (secondary N) is 1. The van der Waals surface area contributed by atoms with Crippen LogP contribution in [0.2, 0.25) is 0 Å². The summed E-state index contributed by atoms with van der Waals surface area (Å²) in [5, 5.41) is 2.60. The van der Waals surface area contributed by atoms with Gasteiger partial charge in [-0.05, 0) is 48.5 Å². The van der Waals surface area contributed by atoms with Gasteiger partial charge in [-0.3, -0.25) is 4.79 Å². The van der Waals surface area contributed by atoms with Crippen molar-refractivity contribution in [1.82, 2.24) is 4.31 Å². The molecule has 6 nitrogen and oxygen atoms in total. The monoisotopic (exact) mass is 398 g/mol. The summed E-state index contributed by atoms with van der Waals surface area (Å²) >= 11 is 0. The number of amides is 1. The smallest absolute Gasteiger partial charge is 0.387 e. The Bertz CT molecular complexity index is 865. The Labute approximate surface area is 156 Å². The van der Waals surface area contributed by atoms with Gasteiger partial charge >= 0.3 is 6.61 Å². The van der Waals surface area contributed by atoms with Crippen molar-refractivity contribution in [2.45, 2.75) is 25.4 Å². The molecule has 0 aliphatic rings. The number of anilines is 1. The number of hydrogen-bond donors (Lipinski definition) is 1. The van der Waals surface area contributed by atoms with Crippen molar-refractivity contribution in [1.29, 1.82) is 0 Å². The van der Waals surface area contributed by atoms with E-state index in [0.29, 0.717) is 18.8 Å². The van der Waals surface area contributed by atoms with Crippen molar-refractivity contribution in [3.8, 4) is 5.75 Å². The highest BCUT2D eigenvalue weighted by atomic mass is 32.2. The highest BCUT2D eigenvalue weighted by molar-refractivity contribution is 7.89. The maximum absolute atomic E-state index is 12.4. The van der Waals surface area contributed by atoms with E-state index in [1.165, 1.54) is 52.8 Å². The van der Waals surface area contributed by atoms with Crippen molar-refractivity contribution < 1.29 is 26.7 Å². The van der Waals surface area contributed by atoms with E-state index in [1.54, 1.807) is 13.8 Å². The van der Waals surface area contributed by atoms with Crippen LogP contribution in [0.3, 0.4) is 0 Å². The molecule has 0 unspecified atom stereocenters. The van der Waals surface area contributed by atoms with E-state index in [1.807, 2.05) is 0 Å². The van der Waals surface area contributed by atoms with Crippen LogP contribution in [-0.2, 0) is 10.0 Å². The standard InChI is InChI=1S/C18H20F2N2O4S/c1-3-22(4-2)27(24,25)16-11-5-13(6-12-16)17(23)21-14-7-9-15(10-8-14)26-18(19)20/h5-12,18H,3-4H2,1-2H3,(H,21,23). The molecular formula is C18H20F2N2O4S. The first-order valence-corrected chi connectivity index (χ1v) is 9.68. The molecule has 0 bridgehead atoms. The van der Waals surface area contributed by atoms with Crippen molar-refractivity contribution in [3.63, 3.8) is 0 Å². The molecule has 0 saturated heterocycles. The third-order valence-electron chi connectivity index (χ3n) is 3.80. The third kappa shape index (κ3) is 5.24. The number of hydrogen-bond acceptors (Lipinski definition) is 4. The molecule has 1 amide bonds. The predicted octanol–water partition coefficient (Wildman–Crippen LogP) is 3.57. The van der Waals surface area contributed by atoms with E-state index in [2.05, 4.69) is 10.1 Å². The van der Waals surface area contributed by atoms with E-state index in [9.17, 15) is 22.0 Å². The van der Waals surface area contributed by atoms with Gasteiger partial charge in [0.2, 0.25) is 10.0 Å². The molecule has 0 fully saturated rings. The van der Waals surface area contributed by atoms with Gasteiger partial charge in [0, 0.05) is 24.3 Å². The van der Waals surface area contributed by atoms with Crippen LogP contribution in [0.1, 0.15) is 24.2 Å². The second kappa shape index (κ2) is 8.92. The average molecular weight is 398 g/mol. The summed E-state index contributed by atoms with van der Waals surface area (Å²) in [5.41, 5.74) is 0.655. The fourth-order valence-electron chi connectivity index (χ4n) is 2.41. The zero-order valence-corrected chi connectivity index (χ0v) is 15.7. The van der Waals surface area contributed by atoms with Crippen LogP contribution < -0.4 is 10.1 Å². The van der Waals surface area contributed by atoms with Crippen molar-refractivity contribution >= 4 is 21.6 Å². The highest BCUT2D eigenvalue weighted by Crippen LogP contribution is 2.19. The summed E-state index contributed by atoms with van der Waals surface area (Å²) in [5.74, 6) is -0.474. The number of rotatable bonds is 8. The molecule has 146 valence electrons. The van der Waals surface area contributed by atoms with Crippen molar-refractivity contribution in [2.24, 2.45) is 0 Å². The number of carbonyl (C=O) groups excluding carboxylic acids is 1. The summed E-state index contributed by atoms with van der Waals surface area (Å²) in [6.07, 6.45) is 0. The molecule has 2 aromatic carbocycles. The van der Waals surface area contributed by atoms with Crippen LogP contribution in [-0.4, -0.2) is 38.3 Å². The minimum absolute atomic E-state index is 0.0195. The molecule has 27 heavy (non-hydrogen) atoms. The lowest BCUT2D eigenvalue weighted by Gasteiger charge is -2.18. The molecule has 0 spiro atoms. The van der Waals surface area contributed by atoms with Crippen molar-refractivity contribution in [2.75, 3.05) is 18.4 Å². The van der Waals surface area contributed by atoms with Gasteiger partial charge in [0.1, 0.15) is 5.75 Å². The van der Waals surface area contributed by atoms with Gasteiger partial charge in [-0.1, -0.05) is 13.8 Å². The molecular weight excluding hydrogens is 378 g/mol. The lowest BCUT2D eigenvalue weighted by Crippen LogP contribution is -2.30. The molecule has 0 aliphatic carbocycles. The minimum Gasteiger partial charge on any atom is -0.435 e. The largest absolute Gasteiger partial charge is 0.435 e. The average Bonchev–Trinajstić information content (AvgIpc) is 2.64. The molecule has 0 atom stereocenters. The number of alkyl halides is 2. The molecule has 9 heteroatoms. The highest BCUT2D eigenvalue weighted by Gasteiger charge is 2.21. The summed E-state index contributed by atoms with van der Waals surface area (Å²) in [6, 6.07) is 11.1. The number of halogens is 2. The van der Waals surface area contributed by atoms with Crippen LogP contribution >= 0.6 is 0 Å². The number of nitrogens with zero attached hydrogens (tertiary/aromatic N) is 1. The predicted molar refractivity (Wildman–Crippen MR) is 97.6 cm³/mol. The summed E-state index contributed by atoms with van der Waals surface area (Å²) < 4.78 is 54.7. The number of benzene rings is 2. The quantitative estimate of drug-likeness (QED) is 0.738. The Hall–Kier alpha value is -2.52. The van der Waals surface area contributed by atoms with Gasteiger partial charge in [-0.2, -0.15) is 13.1 Å². The van der Waals surface area contributed by atoms with Gasteiger partial charge < -0.3 is 10.1 Å². The third-order valence-corrected chi connectivity index (χ3v) is 5.86. The van der Waals surface area contributed by atoms with Gasteiger partial charge in [-0.25, -0.2) is 8.42 Å². The molecule has 0 radical (unpaired) electrons. The normalized spacial score (nSPS) is 11.6. The second-order valence-corrected chi connectivity index (χ2v) is 7.41. The summed E-state index contributed by atoms with van der Waals surface area (Å²) in [4.78, 5) is 12.4. The van der Waals surface area contributed by atoms with Gasteiger partial charge in [-0.15, -0.1) is 0 Å². The Morgan fingerprint density at radius 1 is 1.04 bits per heavy atom. The van der Waals surface area contributed by atoms with Gasteiger partial charge in [0.15, 0.2) is 0 Å².